The van der Waals surface area contributed by atoms with Crippen LogP contribution in [0, 0.1) is 5.92 Å². The Hall–Kier alpha value is -4.41. The Kier molecular flexibility index (Phi) is 19.1. The maximum Gasteiger partial charge on any atom is 0.426 e. The van der Waals surface area contributed by atoms with Gasteiger partial charge < -0.3 is 37.1 Å². The first-order valence-electron chi connectivity index (χ1n) is 14.8. The maximum absolute atomic E-state index is 13.3. The summed E-state index contributed by atoms with van der Waals surface area (Å²) in [5, 5.41) is 14.5. The van der Waals surface area contributed by atoms with Crippen LogP contribution in [0.5, 0.6) is 0 Å². The number of primary amides is 1. The Morgan fingerprint density at radius 2 is 1.59 bits per heavy atom. The van der Waals surface area contributed by atoms with Crippen LogP contribution in [0.1, 0.15) is 57.9 Å². The lowest BCUT2D eigenvalue weighted by atomic mass is 10.0. The zero-order valence-corrected chi connectivity index (χ0v) is 27.9. The highest BCUT2D eigenvalue weighted by Crippen LogP contribution is 2.13. The lowest BCUT2D eigenvalue weighted by molar-refractivity contribution is -0.132. The average Bonchev–Trinajstić information content (AvgIpc) is 3.01. The van der Waals surface area contributed by atoms with Gasteiger partial charge in [-0.25, -0.2) is 15.0 Å². The van der Waals surface area contributed by atoms with Crippen LogP contribution in [-0.2, 0) is 35.3 Å². The normalized spacial score (nSPS) is 11.8. The molecule has 0 saturated heterocycles. The van der Waals surface area contributed by atoms with Crippen molar-refractivity contribution in [3.63, 3.8) is 0 Å². The fraction of sp³-hybridized carbons (Fsp3) is 0.552. The van der Waals surface area contributed by atoms with E-state index in [1.807, 2.05) is 0 Å². The molecule has 8 N–H and O–H groups in total. The van der Waals surface area contributed by atoms with Crippen molar-refractivity contribution in [2.45, 2.75) is 71.1 Å². The molecule has 0 saturated carbocycles. The van der Waals surface area contributed by atoms with Gasteiger partial charge in [0.1, 0.15) is 18.7 Å². The third-order valence-electron chi connectivity index (χ3n) is 6.41. The Morgan fingerprint density at radius 1 is 0.913 bits per heavy atom. The second-order valence-electron chi connectivity index (χ2n) is 10.7. The third kappa shape index (κ3) is 17.2. The van der Waals surface area contributed by atoms with Crippen molar-refractivity contribution >= 4 is 63.8 Å². The highest BCUT2D eigenvalue weighted by molar-refractivity contribution is 9.09. The molecule has 0 fully saturated rings. The van der Waals surface area contributed by atoms with E-state index in [1.54, 1.807) is 38.1 Å². The Balaban J connectivity index is 2.79. The quantitative estimate of drug-likeness (QED) is 0.0420. The standard InChI is InChI=1S/C29H45BrN8O8/c1-19(2)25(36-23(40)9-5-4-6-14-32-24(41)16-30)27(43)35-22(8-7-15-33-28(31)44)26(42)34-21-12-10-20(11-13-21)17-46-29(45)37-38(3)18-39/h10-13,18-19,22,25H,4-9,14-17H2,1-3H3,(H,32,41)(H,34,42)(H,35,43)(H,36,40)(H,37,45)(H3,31,33,44)/t22-,25-/m0/s1. The van der Waals surface area contributed by atoms with Crippen LogP contribution in [0.15, 0.2) is 24.3 Å². The summed E-state index contributed by atoms with van der Waals surface area (Å²) in [5.74, 6) is -1.74. The molecule has 0 aliphatic heterocycles. The second-order valence-corrected chi connectivity index (χ2v) is 11.2. The van der Waals surface area contributed by atoms with E-state index in [4.69, 9.17) is 10.5 Å². The molecule has 0 aliphatic carbocycles. The molecule has 1 rings (SSSR count). The molecule has 46 heavy (non-hydrogen) atoms. The topological polar surface area (TPSA) is 230 Å². The van der Waals surface area contributed by atoms with Gasteiger partial charge in [-0.15, -0.1) is 0 Å². The molecular formula is C29H45BrN8O8. The van der Waals surface area contributed by atoms with E-state index in [0.717, 1.165) is 17.9 Å². The number of carbonyl (C=O) groups excluding carboxylic acids is 7. The summed E-state index contributed by atoms with van der Waals surface area (Å²) < 4.78 is 5.02. The van der Waals surface area contributed by atoms with E-state index in [1.165, 1.54) is 7.05 Å². The number of unbranched alkanes of at least 4 members (excludes halogenated alkanes) is 2. The van der Waals surface area contributed by atoms with Crippen LogP contribution >= 0.6 is 15.9 Å². The predicted molar refractivity (Wildman–Crippen MR) is 173 cm³/mol. The van der Waals surface area contributed by atoms with Gasteiger partial charge in [0, 0.05) is 32.2 Å². The van der Waals surface area contributed by atoms with Crippen molar-refractivity contribution in [1.29, 1.82) is 0 Å². The molecular weight excluding hydrogens is 668 g/mol. The summed E-state index contributed by atoms with van der Waals surface area (Å²) in [6, 6.07) is 3.82. The zero-order valence-electron chi connectivity index (χ0n) is 26.4. The number of urea groups is 1. The van der Waals surface area contributed by atoms with E-state index >= 15 is 0 Å². The third-order valence-corrected chi connectivity index (χ3v) is 6.92. The SMILES string of the molecule is CC(C)[C@H](NC(=O)CCCCCNC(=O)CBr)C(=O)N[C@@H](CCCNC(N)=O)C(=O)Nc1ccc(COC(=O)NN(C)C=O)cc1. The summed E-state index contributed by atoms with van der Waals surface area (Å²) >= 11 is 3.08. The summed E-state index contributed by atoms with van der Waals surface area (Å²) in [6.07, 6.45) is 2.30. The highest BCUT2D eigenvalue weighted by atomic mass is 79.9. The molecule has 17 heteroatoms. The van der Waals surface area contributed by atoms with E-state index in [0.29, 0.717) is 37.0 Å². The number of halogens is 1. The summed E-state index contributed by atoms with van der Waals surface area (Å²) in [6.45, 7) is 4.16. The first-order valence-corrected chi connectivity index (χ1v) is 15.9. The van der Waals surface area contributed by atoms with Gasteiger partial charge in [0.2, 0.25) is 30.0 Å². The van der Waals surface area contributed by atoms with Gasteiger partial charge in [0.25, 0.3) is 0 Å². The number of hydrazine groups is 1. The molecule has 0 heterocycles. The van der Waals surface area contributed by atoms with Crippen molar-refractivity contribution in [3.8, 4) is 0 Å². The van der Waals surface area contributed by atoms with Gasteiger partial charge in [-0.05, 0) is 49.3 Å². The van der Waals surface area contributed by atoms with Crippen molar-refractivity contribution in [2.75, 3.05) is 30.8 Å². The van der Waals surface area contributed by atoms with Gasteiger partial charge in [-0.2, -0.15) is 0 Å². The number of amides is 8. The number of anilines is 1. The van der Waals surface area contributed by atoms with Gasteiger partial charge in [-0.1, -0.05) is 48.3 Å². The van der Waals surface area contributed by atoms with E-state index in [2.05, 4.69) is 47.9 Å². The number of nitrogens with zero attached hydrogens (tertiary/aromatic N) is 1. The van der Waals surface area contributed by atoms with Gasteiger partial charge in [-0.3, -0.25) is 29.0 Å². The Bertz CT molecular complexity index is 1170. The van der Waals surface area contributed by atoms with E-state index in [-0.39, 0.29) is 49.1 Å². The fourth-order valence-corrected chi connectivity index (χ4v) is 4.15. The molecule has 8 amide bonds. The molecule has 0 spiro atoms. The van der Waals surface area contributed by atoms with Crippen molar-refractivity contribution in [1.82, 2.24) is 31.7 Å². The van der Waals surface area contributed by atoms with Crippen molar-refractivity contribution < 1.29 is 38.3 Å². The minimum absolute atomic E-state index is 0.0871. The van der Waals surface area contributed by atoms with Crippen LogP contribution < -0.4 is 37.7 Å². The van der Waals surface area contributed by atoms with E-state index < -0.39 is 36.0 Å². The number of ether oxygens (including phenoxy) is 1. The average molecular weight is 714 g/mol. The largest absolute Gasteiger partial charge is 0.443 e. The first-order chi connectivity index (χ1) is 21.9. The summed E-state index contributed by atoms with van der Waals surface area (Å²) in [5.41, 5.74) is 8.33. The minimum Gasteiger partial charge on any atom is -0.443 e. The van der Waals surface area contributed by atoms with Gasteiger partial charge in [0.15, 0.2) is 0 Å². The molecule has 16 nitrogen and oxygen atoms in total. The Labute approximate surface area is 276 Å². The number of nitrogens with two attached hydrogens (primary N) is 1. The van der Waals surface area contributed by atoms with Gasteiger partial charge in [0.05, 0.1) is 5.33 Å². The summed E-state index contributed by atoms with van der Waals surface area (Å²) in [7, 11) is 1.34. The lowest BCUT2D eigenvalue weighted by Gasteiger charge is -2.25. The van der Waals surface area contributed by atoms with E-state index in [9.17, 15) is 33.6 Å². The molecule has 1 aromatic carbocycles. The molecule has 0 bridgehead atoms. The second kappa shape index (κ2) is 22.2. The van der Waals surface area contributed by atoms with Gasteiger partial charge >= 0.3 is 12.1 Å². The smallest absolute Gasteiger partial charge is 0.426 e. The monoisotopic (exact) mass is 712 g/mol. The zero-order chi connectivity index (χ0) is 34.5. The van der Waals surface area contributed by atoms with Crippen LogP contribution in [0.4, 0.5) is 15.3 Å². The fourth-order valence-electron chi connectivity index (χ4n) is 3.96. The number of alkyl halides is 1. The van der Waals surface area contributed by atoms with Crippen LogP contribution in [0.25, 0.3) is 0 Å². The maximum atomic E-state index is 13.3. The predicted octanol–water partition coefficient (Wildman–Crippen LogP) is 1.00. The van der Waals surface area contributed by atoms with Crippen LogP contribution in [-0.4, -0.2) is 84.7 Å². The lowest BCUT2D eigenvalue weighted by Crippen LogP contribution is -2.54. The number of hydrogen-bond donors (Lipinski definition) is 7. The molecule has 0 unspecified atom stereocenters. The number of benzene rings is 1. The van der Waals surface area contributed by atoms with Crippen molar-refractivity contribution in [2.24, 2.45) is 11.7 Å². The molecule has 256 valence electrons. The van der Waals surface area contributed by atoms with Crippen molar-refractivity contribution in [3.05, 3.63) is 29.8 Å². The highest BCUT2D eigenvalue weighted by Gasteiger charge is 2.28. The van der Waals surface area contributed by atoms with Crippen LogP contribution in [0.2, 0.25) is 0 Å². The van der Waals surface area contributed by atoms with Crippen LogP contribution in [0.3, 0.4) is 0 Å². The molecule has 0 aliphatic rings. The molecule has 0 aromatic heterocycles. The molecule has 1 aromatic rings. The molecule has 2 atom stereocenters. The number of carbonyl (C=O) groups is 7. The number of nitrogens with one attached hydrogen (secondary N) is 6. The first kappa shape index (κ1) is 39.6. The molecule has 0 radical (unpaired) electrons. The minimum atomic E-state index is -1.00. The Morgan fingerprint density at radius 3 is 2.20 bits per heavy atom. The number of hydrogen-bond acceptors (Lipinski definition) is 8. The number of rotatable bonds is 21. The summed E-state index contributed by atoms with van der Waals surface area (Å²) in [4.78, 5) is 83.7.